The number of nitrogens with one attached hydrogen (secondary N) is 2. The fourth-order valence-corrected chi connectivity index (χ4v) is 1.68. The number of carbonyl (C=O) groups is 1. The maximum atomic E-state index is 11.8. The molecule has 0 spiro atoms. The van der Waals surface area contributed by atoms with Gasteiger partial charge < -0.3 is 11.1 Å². The second kappa shape index (κ2) is 6.27. The van der Waals surface area contributed by atoms with Crippen molar-refractivity contribution in [2.24, 2.45) is 0 Å². The average Bonchev–Trinajstić information content (AvgIpc) is 2.60. The van der Waals surface area contributed by atoms with Crippen LogP contribution < -0.4 is 11.1 Å². The summed E-state index contributed by atoms with van der Waals surface area (Å²) in [5.41, 5.74) is 7.21. The van der Waals surface area contributed by atoms with Crippen LogP contribution >= 0.6 is 0 Å². The number of aryl methyl sites for hydroxylation is 1. The lowest BCUT2D eigenvalue weighted by Crippen LogP contribution is -2.33. The third-order valence-electron chi connectivity index (χ3n) is 2.83. The lowest BCUT2D eigenvalue weighted by atomic mass is 10.1. The summed E-state index contributed by atoms with van der Waals surface area (Å²) < 4.78 is 0. The van der Waals surface area contributed by atoms with Crippen molar-refractivity contribution in [2.45, 2.75) is 52.5 Å². The van der Waals surface area contributed by atoms with Gasteiger partial charge in [0.2, 0.25) is 0 Å². The molecule has 0 aromatic carbocycles. The molecule has 0 aliphatic carbocycles. The summed E-state index contributed by atoms with van der Waals surface area (Å²) in [7, 11) is 0. The monoisotopic (exact) mass is 238 g/mol. The summed E-state index contributed by atoms with van der Waals surface area (Å²) in [6, 6.07) is 0.158. The molecule has 0 bridgehead atoms. The molecule has 0 saturated carbocycles. The Bertz CT molecular complexity index is 373. The molecule has 5 nitrogen and oxygen atoms in total. The summed E-state index contributed by atoms with van der Waals surface area (Å²) in [5.74, 6) is -0.198. The van der Waals surface area contributed by atoms with Crippen LogP contribution in [-0.4, -0.2) is 22.1 Å². The number of rotatable bonds is 6. The molecular formula is C12H22N4O. The number of anilines is 1. The summed E-state index contributed by atoms with van der Waals surface area (Å²) in [6.07, 6.45) is 4.51. The maximum Gasteiger partial charge on any atom is 0.274 e. The number of hydrogen-bond donors (Lipinski definition) is 3. The number of carbonyl (C=O) groups excluding carboxylic acids is 1. The molecule has 1 aromatic rings. The second-order valence-corrected chi connectivity index (χ2v) is 4.48. The van der Waals surface area contributed by atoms with Crippen molar-refractivity contribution in [2.75, 3.05) is 5.73 Å². The Hall–Kier alpha value is -1.52. The highest BCUT2D eigenvalue weighted by Crippen LogP contribution is 2.12. The fraction of sp³-hybridized carbons (Fsp3) is 0.667. The van der Waals surface area contributed by atoms with Crippen molar-refractivity contribution >= 4 is 11.6 Å². The van der Waals surface area contributed by atoms with E-state index in [-0.39, 0.29) is 11.9 Å². The number of amides is 1. The first-order valence-corrected chi connectivity index (χ1v) is 6.17. The number of hydrogen-bond acceptors (Lipinski definition) is 3. The van der Waals surface area contributed by atoms with Crippen LogP contribution in [0.25, 0.3) is 0 Å². The molecule has 1 heterocycles. The van der Waals surface area contributed by atoms with Gasteiger partial charge in [-0.3, -0.25) is 9.89 Å². The summed E-state index contributed by atoms with van der Waals surface area (Å²) in [4.78, 5) is 11.8. The quantitative estimate of drug-likeness (QED) is 0.663. The van der Waals surface area contributed by atoms with E-state index in [1.54, 1.807) is 6.92 Å². The number of aromatic nitrogens is 2. The third-order valence-corrected chi connectivity index (χ3v) is 2.83. The van der Waals surface area contributed by atoms with Crippen LogP contribution in [0.5, 0.6) is 0 Å². The molecule has 1 aromatic heterocycles. The highest BCUT2D eigenvalue weighted by molar-refractivity contribution is 5.97. The van der Waals surface area contributed by atoms with Gasteiger partial charge in [0.25, 0.3) is 5.91 Å². The highest BCUT2D eigenvalue weighted by atomic mass is 16.2. The van der Waals surface area contributed by atoms with E-state index in [9.17, 15) is 4.79 Å². The van der Waals surface area contributed by atoms with Crippen LogP contribution in [0.4, 0.5) is 5.69 Å². The number of nitrogens with zero attached hydrogens (tertiary/aromatic N) is 1. The molecule has 1 rings (SSSR count). The molecule has 1 amide bonds. The van der Waals surface area contributed by atoms with Crippen molar-refractivity contribution in [1.29, 1.82) is 0 Å². The van der Waals surface area contributed by atoms with E-state index in [4.69, 9.17) is 5.73 Å². The van der Waals surface area contributed by atoms with Crippen molar-refractivity contribution < 1.29 is 4.79 Å². The zero-order chi connectivity index (χ0) is 12.8. The Morgan fingerprint density at radius 1 is 1.53 bits per heavy atom. The van der Waals surface area contributed by atoms with Crippen molar-refractivity contribution in [3.05, 3.63) is 11.4 Å². The molecule has 1 atom stereocenters. The van der Waals surface area contributed by atoms with E-state index in [2.05, 4.69) is 22.4 Å². The normalized spacial score (nSPS) is 12.4. The van der Waals surface area contributed by atoms with E-state index < -0.39 is 0 Å². The molecular weight excluding hydrogens is 216 g/mol. The lowest BCUT2D eigenvalue weighted by Gasteiger charge is -2.12. The maximum absolute atomic E-state index is 11.8. The first-order valence-electron chi connectivity index (χ1n) is 6.17. The van der Waals surface area contributed by atoms with Crippen LogP contribution in [0.3, 0.4) is 0 Å². The number of nitrogen functional groups attached to an aromatic ring is 1. The van der Waals surface area contributed by atoms with E-state index in [0.29, 0.717) is 11.4 Å². The summed E-state index contributed by atoms with van der Waals surface area (Å²) >= 11 is 0. The van der Waals surface area contributed by atoms with Gasteiger partial charge in [0.05, 0.1) is 11.4 Å². The van der Waals surface area contributed by atoms with Crippen LogP contribution in [0.2, 0.25) is 0 Å². The summed E-state index contributed by atoms with van der Waals surface area (Å²) in [6.45, 7) is 5.96. The molecule has 1 unspecified atom stereocenters. The Balaban J connectivity index is 2.46. The largest absolute Gasteiger partial charge is 0.395 e. The molecule has 96 valence electrons. The standard InChI is InChI=1S/C12H22N4O/c1-4-5-6-7-8(2)14-12(17)11-10(13)9(3)15-16-11/h8H,4-7,13H2,1-3H3,(H,14,17)(H,15,16). The predicted octanol–water partition coefficient (Wildman–Crippen LogP) is 2.00. The molecule has 0 radical (unpaired) electrons. The predicted molar refractivity (Wildman–Crippen MR) is 68.8 cm³/mol. The minimum Gasteiger partial charge on any atom is -0.395 e. The van der Waals surface area contributed by atoms with Gasteiger partial charge in [-0.15, -0.1) is 0 Å². The van der Waals surface area contributed by atoms with Gasteiger partial charge in [-0.1, -0.05) is 26.2 Å². The van der Waals surface area contributed by atoms with Crippen LogP contribution in [-0.2, 0) is 0 Å². The smallest absolute Gasteiger partial charge is 0.274 e. The Kier molecular flexibility index (Phi) is 5.00. The SMILES string of the molecule is CCCCCC(C)NC(=O)c1n[nH]c(C)c1N. The van der Waals surface area contributed by atoms with E-state index in [1.165, 1.54) is 12.8 Å². The van der Waals surface area contributed by atoms with Crippen LogP contribution in [0, 0.1) is 6.92 Å². The van der Waals surface area contributed by atoms with Gasteiger partial charge in [0.1, 0.15) is 0 Å². The van der Waals surface area contributed by atoms with Gasteiger partial charge >= 0.3 is 0 Å². The second-order valence-electron chi connectivity index (χ2n) is 4.48. The molecule has 5 heteroatoms. The fourth-order valence-electron chi connectivity index (χ4n) is 1.68. The Morgan fingerprint density at radius 2 is 2.24 bits per heavy atom. The van der Waals surface area contributed by atoms with Crippen LogP contribution in [0.15, 0.2) is 0 Å². The zero-order valence-corrected chi connectivity index (χ0v) is 10.8. The minimum atomic E-state index is -0.198. The van der Waals surface area contributed by atoms with Crippen molar-refractivity contribution in [3.63, 3.8) is 0 Å². The molecule has 4 N–H and O–H groups in total. The molecule has 0 fully saturated rings. The van der Waals surface area contributed by atoms with E-state index >= 15 is 0 Å². The average molecular weight is 238 g/mol. The molecule has 0 aliphatic heterocycles. The topological polar surface area (TPSA) is 83.8 Å². The van der Waals surface area contributed by atoms with E-state index in [1.807, 2.05) is 6.92 Å². The number of unbranched alkanes of at least 4 members (excludes halogenated alkanes) is 2. The zero-order valence-electron chi connectivity index (χ0n) is 10.8. The molecule has 17 heavy (non-hydrogen) atoms. The van der Waals surface area contributed by atoms with Crippen molar-refractivity contribution in [1.82, 2.24) is 15.5 Å². The van der Waals surface area contributed by atoms with E-state index in [0.717, 1.165) is 18.5 Å². The molecule has 0 saturated heterocycles. The first kappa shape index (κ1) is 13.5. The number of H-pyrrole nitrogens is 1. The first-order chi connectivity index (χ1) is 8.06. The highest BCUT2D eigenvalue weighted by Gasteiger charge is 2.16. The minimum absolute atomic E-state index is 0.158. The van der Waals surface area contributed by atoms with Gasteiger partial charge in [-0.05, 0) is 20.3 Å². The number of aromatic amines is 1. The van der Waals surface area contributed by atoms with Gasteiger partial charge in [-0.2, -0.15) is 5.10 Å². The Morgan fingerprint density at radius 3 is 2.76 bits per heavy atom. The van der Waals surface area contributed by atoms with Crippen molar-refractivity contribution in [3.8, 4) is 0 Å². The van der Waals surface area contributed by atoms with Gasteiger partial charge in [-0.25, -0.2) is 0 Å². The summed E-state index contributed by atoms with van der Waals surface area (Å²) in [5, 5.41) is 9.52. The molecule has 0 aliphatic rings. The van der Waals surface area contributed by atoms with Gasteiger partial charge in [0.15, 0.2) is 5.69 Å². The lowest BCUT2D eigenvalue weighted by molar-refractivity contribution is 0.0933. The van der Waals surface area contributed by atoms with Gasteiger partial charge in [0, 0.05) is 6.04 Å². The third kappa shape index (κ3) is 3.76. The Labute approximate surface area is 102 Å². The van der Waals surface area contributed by atoms with Crippen LogP contribution in [0.1, 0.15) is 55.7 Å². The number of nitrogens with two attached hydrogens (primary N) is 1.